The average molecular weight is 165 g/mol. The minimum Gasteiger partial charge on any atom is -0.330 e. The zero-order chi connectivity index (χ0) is 9.12. The molecule has 0 fully saturated rings. The fourth-order valence-electron chi connectivity index (χ4n) is 1.34. The van der Waals surface area contributed by atoms with Gasteiger partial charge in [-0.2, -0.15) is 0 Å². The van der Waals surface area contributed by atoms with Crippen molar-refractivity contribution in [3.8, 4) is 0 Å². The summed E-state index contributed by atoms with van der Waals surface area (Å²) in [4.78, 5) is 0. The summed E-state index contributed by atoms with van der Waals surface area (Å²) < 4.78 is 25.9. The Kier molecular flexibility index (Phi) is 3.42. The second kappa shape index (κ2) is 3.48. The van der Waals surface area contributed by atoms with Gasteiger partial charge in [-0.3, -0.25) is 0 Å². The van der Waals surface area contributed by atoms with Crippen LogP contribution in [0.15, 0.2) is 0 Å². The van der Waals surface area contributed by atoms with E-state index in [-0.39, 0.29) is 6.54 Å². The van der Waals surface area contributed by atoms with Crippen molar-refractivity contribution in [2.75, 3.05) is 6.54 Å². The van der Waals surface area contributed by atoms with Gasteiger partial charge in [0.25, 0.3) is 5.92 Å². The highest BCUT2D eigenvalue weighted by molar-refractivity contribution is 4.88. The predicted octanol–water partition coefficient (Wildman–Crippen LogP) is 2.41. The molecule has 0 saturated heterocycles. The van der Waals surface area contributed by atoms with E-state index in [0.717, 1.165) is 6.92 Å². The molecule has 11 heavy (non-hydrogen) atoms. The van der Waals surface area contributed by atoms with Crippen LogP contribution in [0.25, 0.3) is 0 Å². The molecule has 0 spiro atoms. The second-order valence-corrected chi connectivity index (χ2v) is 3.08. The van der Waals surface area contributed by atoms with Crippen LogP contribution in [0, 0.1) is 5.41 Å². The molecule has 0 aromatic heterocycles. The molecule has 0 aliphatic heterocycles. The van der Waals surface area contributed by atoms with E-state index in [1.54, 1.807) is 13.8 Å². The Labute approximate surface area is 67.0 Å². The summed E-state index contributed by atoms with van der Waals surface area (Å²) in [6, 6.07) is 0. The molecule has 0 heterocycles. The first kappa shape index (κ1) is 10.8. The molecule has 0 unspecified atom stereocenters. The number of alkyl halides is 2. The van der Waals surface area contributed by atoms with Gasteiger partial charge in [0.2, 0.25) is 0 Å². The van der Waals surface area contributed by atoms with E-state index < -0.39 is 11.3 Å². The monoisotopic (exact) mass is 165 g/mol. The number of rotatable bonds is 4. The fraction of sp³-hybridized carbons (Fsp3) is 1.00. The van der Waals surface area contributed by atoms with Gasteiger partial charge in [-0.1, -0.05) is 13.8 Å². The van der Waals surface area contributed by atoms with E-state index in [1.807, 2.05) is 0 Å². The third kappa shape index (κ3) is 1.89. The topological polar surface area (TPSA) is 26.0 Å². The van der Waals surface area contributed by atoms with Crippen LogP contribution in [-0.2, 0) is 0 Å². The highest BCUT2D eigenvalue weighted by Crippen LogP contribution is 2.41. The molecule has 68 valence electrons. The molecular weight excluding hydrogens is 148 g/mol. The fourth-order valence-corrected chi connectivity index (χ4v) is 1.34. The normalized spacial score (nSPS) is 13.6. The summed E-state index contributed by atoms with van der Waals surface area (Å²) in [6.07, 6.45) is 0.868. The summed E-state index contributed by atoms with van der Waals surface area (Å²) in [7, 11) is 0. The van der Waals surface area contributed by atoms with Gasteiger partial charge in [0.1, 0.15) is 0 Å². The van der Waals surface area contributed by atoms with Crippen LogP contribution in [0.4, 0.5) is 8.78 Å². The number of nitrogens with two attached hydrogens (primary N) is 1. The second-order valence-electron chi connectivity index (χ2n) is 3.08. The first-order valence-corrected chi connectivity index (χ1v) is 4.01. The minimum atomic E-state index is -2.66. The number of halogens is 2. The lowest BCUT2D eigenvalue weighted by Crippen LogP contribution is -2.44. The van der Waals surface area contributed by atoms with E-state index in [0.29, 0.717) is 12.8 Å². The van der Waals surface area contributed by atoms with Crippen molar-refractivity contribution in [2.24, 2.45) is 11.1 Å². The molecule has 0 atom stereocenters. The summed E-state index contributed by atoms with van der Waals surface area (Å²) in [5.41, 5.74) is 4.34. The van der Waals surface area contributed by atoms with Crippen molar-refractivity contribution in [2.45, 2.75) is 39.5 Å². The largest absolute Gasteiger partial charge is 0.330 e. The molecule has 1 nitrogen and oxygen atoms in total. The van der Waals surface area contributed by atoms with Crippen LogP contribution in [0.2, 0.25) is 0 Å². The van der Waals surface area contributed by atoms with Crippen LogP contribution < -0.4 is 5.73 Å². The third-order valence-electron chi connectivity index (χ3n) is 2.68. The maximum absolute atomic E-state index is 13.0. The molecule has 0 amide bonds. The number of hydrogen-bond donors (Lipinski definition) is 1. The smallest absolute Gasteiger partial charge is 0.252 e. The summed E-state index contributed by atoms with van der Waals surface area (Å²) in [6.45, 7) is 4.53. The van der Waals surface area contributed by atoms with E-state index in [9.17, 15) is 8.78 Å². The van der Waals surface area contributed by atoms with Crippen LogP contribution in [-0.4, -0.2) is 12.5 Å². The van der Waals surface area contributed by atoms with E-state index in [2.05, 4.69) is 0 Å². The van der Waals surface area contributed by atoms with Crippen LogP contribution in [0.5, 0.6) is 0 Å². The number of hydrogen-bond acceptors (Lipinski definition) is 1. The predicted molar refractivity (Wildman–Crippen MR) is 42.7 cm³/mol. The lowest BCUT2D eigenvalue weighted by molar-refractivity contribution is -0.106. The zero-order valence-corrected chi connectivity index (χ0v) is 7.45. The zero-order valence-electron chi connectivity index (χ0n) is 7.45. The maximum Gasteiger partial charge on any atom is 0.252 e. The molecule has 3 heteroatoms. The van der Waals surface area contributed by atoms with Crippen LogP contribution in [0.3, 0.4) is 0 Å². The van der Waals surface area contributed by atoms with Crippen molar-refractivity contribution >= 4 is 0 Å². The maximum atomic E-state index is 13.0. The van der Waals surface area contributed by atoms with Crippen LogP contribution >= 0.6 is 0 Å². The Hall–Kier alpha value is -0.180. The molecule has 0 aromatic carbocycles. The Morgan fingerprint density at radius 2 is 1.55 bits per heavy atom. The van der Waals surface area contributed by atoms with Crippen molar-refractivity contribution in [1.82, 2.24) is 0 Å². The van der Waals surface area contributed by atoms with Gasteiger partial charge < -0.3 is 5.73 Å². The first-order valence-electron chi connectivity index (χ1n) is 4.01. The van der Waals surface area contributed by atoms with Gasteiger partial charge in [-0.05, 0) is 19.8 Å². The molecule has 0 radical (unpaired) electrons. The lowest BCUT2D eigenvalue weighted by atomic mass is 9.77. The first-order chi connectivity index (χ1) is 4.93. The molecule has 0 bridgehead atoms. The highest BCUT2D eigenvalue weighted by Gasteiger charge is 2.45. The van der Waals surface area contributed by atoms with Gasteiger partial charge >= 0.3 is 0 Å². The molecule has 0 aliphatic rings. The van der Waals surface area contributed by atoms with Crippen molar-refractivity contribution in [3.63, 3.8) is 0 Å². The molecule has 0 saturated carbocycles. The third-order valence-corrected chi connectivity index (χ3v) is 2.68. The van der Waals surface area contributed by atoms with Crippen molar-refractivity contribution in [3.05, 3.63) is 0 Å². The minimum absolute atomic E-state index is 0.0590. The van der Waals surface area contributed by atoms with E-state index >= 15 is 0 Å². The Morgan fingerprint density at radius 3 is 1.55 bits per heavy atom. The van der Waals surface area contributed by atoms with Gasteiger partial charge in [0, 0.05) is 12.0 Å². The average Bonchev–Trinajstić information content (AvgIpc) is 1.90. The Balaban J connectivity index is 4.54. The molecule has 0 aliphatic carbocycles. The molecular formula is C8H17F2N. The Morgan fingerprint density at radius 1 is 1.18 bits per heavy atom. The molecule has 0 rings (SSSR count). The van der Waals surface area contributed by atoms with Crippen LogP contribution in [0.1, 0.15) is 33.6 Å². The summed E-state index contributed by atoms with van der Waals surface area (Å²) in [5, 5.41) is 0. The molecule has 0 aromatic rings. The standard InChI is InChI=1S/C8H17F2N/c1-4-8(5-2,6-11)7(3,9)10/h4-6,11H2,1-3H3. The van der Waals surface area contributed by atoms with Gasteiger partial charge in [-0.25, -0.2) is 8.78 Å². The Bertz CT molecular complexity index is 105. The summed E-state index contributed by atoms with van der Waals surface area (Å²) in [5.74, 6) is -2.66. The highest BCUT2D eigenvalue weighted by atomic mass is 19.3. The van der Waals surface area contributed by atoms with Crippen molar-refractivity contribution in [1.29, 1.82) is 0 Å². The quantitative estimate of drug-likeness (QED) is 0.680. The lowest BCUT2D eigenvalue weighted by Gasteiger charge is -2.35. The van der Waals surface area contributed by atoms with Crippen molar-refractivity contribution < 1.29 is 8.78 Å². The van der Waals surface area contributed by atoms with Gasteiger partial charge in [0.15, 0.2) is 0 Å². The van der Waals surface area contributed by atoms with E-state index in [4.69, 9.17) is 5.73 Å². The van der Waals surface area contributed by atoms with E-state index in [1.165, 1.54) is 0 Å². The van der Waals surface area contributed by atoms with Gasteiger partial charge in [-0.15, -0.1) is 0 Å². The summed E-state index contributed by atoms with van der Waals surface area (Å²) >= 11 is 0. The SMILES string of the molecule is CCC(CC)(CN)C(C)(F)F. The molecule has 2 N–H and O–H groups in total. The van der Waals surface area contributed by atoms with Gasteiger partial charge in [0.05, 0.1) is 0 Å².